The summed E-state index contributed by atoms with van der Waals surface area (Å²) < 4.78 is 22.5. The zero-order valence-corrected chi connectivity index (χ0v) is 19.1. The van der Waals surface area contributed by atoms with Gasteiger partial charge in [0.15, 0.2) is 5.43 Å². The molecule has 12 heteroatoms. The lowest BCUT2D eigenvalue weighted by atomic mass is 9.85. The number of phosphoric acid groups is 1. The van der Waals surface area contributed by atoms with Crippen molar-refractivity contribution in [3.8, 4) is 22.8 Å². The smallest absolute Gasteiger partial charge is 0.507 e. The number of halogens is 1. The van der Waals surface area contributed by atoms with Gasteiger partial charge in [0.05, 0.1) is 11.1 Å². The minimum atomic E-state index is -5.05. The number of benzene rings is 2. The van der Waals surface area contributed by atoms with Crippen LogP contribution in [-0.2, 0) is 4.57 Å². The molecule has 1 fully saturated rings. The van der Waals surface area contributed by atoms with Gasteiger partial charge in [-0.15, -0.1) is 0 Å². The summed E-state index contributed by atoms with van der Waals surface area (Å²) in [5.41, 5.74) is 0.0697. The third-order valence-corrected chi connectivity index (χ3v) is 6.36. The monoisotopic (exact) mass is 491 g/mol. The molecule has 2 heterocycles. The summed E-state index contributed by atoms with van der Waals surface area (Å²) in [5, 5.41) is 21.3. The summed E-state index contributed by atoms with van der Waals surface area (Å²) in [6, 6.07) is 6.71. The molecule has 0 bridgehead atoms. The van der Waals surface area contributed by atoms with Gasteiger partial charge in [-0.05, 0) is 26.1 Å². The largest absolute Gasteiger partial charge is 0.524 e. The van der Waals surface area contributed by atoms with Crippen LogP contribution in [0.5, 0.6) is 11.5 Å². The number of likely N-dealkylation sites (N-methyl/N-ethyl adjacent to an activating group) is 1. The van der Waals surface area contributed by atoms with E-state index in [1.54, 1.807) is 12.1 Å². The SMILES string of the molecule is [B]c1ccc(-c2cc(=O)c3c(O)cc(OP(=O)(O)O)c([C@H]4CCN(C)C[C@H]4O)c3o2)c(Cl)c1. The van der Waals surface area contributed by atoms with Gasteiger partial charge in [-0.2, -0.15) is 0 Å². The molecule has 0 spiro atoms. The maximum atomic E-state index is 13.0. The van der Waals surface area contributed by atoms with E-state index in [0.29, 0.717) is 24.0 Å². The van der Waals surface area contributed by atoms with Gasteiger partial charge in [0.2, 0.25) is 0 Å². The number of phenolic OH excluding ortho intramolecular Hbond substituents is 1. The fourth-order valence-corrected chi connectivity index (χ4v) is 4.85. The molecule has 1 saturated heterocycles. The van der Waals surface area contributed by atoms with E-state index in [4.69, 9.17) is 28.4 Å². The first kappa shape index (κ1) is 23.8. The highest BCUT2D eigenvalue weighted by Gasteiger charge is 2.35. The van der Waals surface area contributed by atoms with Crippen LogP contribution in [0, 0.1) is 0 Å². The Morgan fingerprint density at radius 1 is 1.27 bits per heavy atom. The molecule has 4 rings (SSSR count). The Labute approximate surface area is 194 Å². The third kappa shape index (κ3) is 4.82. The molecule has 172 valence electrons. The summed E-state index contributed by atoms with van der Waals surface area (Å²) in [6.45, 7) is 0.837. The van der Waals surface area contributed by atoms with Crippen LogP contribution in [0.3, 0.4) is 0 Å². The number of phosphoric ester groups is 1. The summed E-state index contributed by atoms with van der Waals surface area (Å²) in [4.78, 5) is 33.7. The highest BCUT2D eigenvalue weighted by molar-refractivity contribution is 7.46. The molecular weight excluding hydrogens is 471 g/mol. The van der Waals surface area contributed by atoms with E-state index in [1.165, 1.54) is 6.07 Å². The third-order valence-electron chi connectivity index (χ3n) is 5.61. The van der Waals surface area contributed by atoms with Crippen LogP contribution in [0.15, 0.2) is 39.5 Å². The summed E-state index contributed by atoms with van der Waals surface area (Å²) in [6.07, 6.45) is -0.573. The molecule has 2 radical (unpaired) electrons. The average Bonchev–Trinajstić information content (AvgIpc) is 2.67. The van der Waals surface area contributed by atoms with Gasteiger partial charge in [-0.25, -0.2) is 4.57 Å². The number of rotatable bonds is 4. The molecule has 0 aliphatic carbocycles. The van der Waals surface area contributed by atoms with Crippen molar-refractivity contribution in [3.05, 3.63) is 51.1 Å². The summed E-state index contributed by atoms with van der Waals surface area (Å²) in [7, 11) is 2.51. The van der Waals surface area contributed by atoms with Gasteiger partial charge in [0.25, 0.3) is 0 Å². The van der Waals surface area contributed by atoms with Crippen molar-refractivity contribution in [2.45, 2.75) is 18.4 Å². The minimum Gasteiger partial charge on any atom is -0.507 e. The zero-order valence-electron chi connectivity index (χ0n) is 17.4. The van der Waals surface area contributed by atoms with Crippen molar-refractivity contribution in [2.24, 2.45) is 0 Å². The number of likely N-dealkylation sites (tertiary alicyclic amines) is 1. The topological polar surface area (TPSA) is 141 Å². The van der Waals surface area contributed by atoms with E-state index in [0.717, 1.165) is 12.1 Å². The van der Waals surface area contributed by atoms with Gasteiger partial charge >= 0.3 is 7.82 Å². The molecule has 1 aromatic heterocycles. The number of aliphatic hydroxyl groups is 1. The van der Waals surface area contributed by atoms with Crippen LogP contribution in [0.2, 0.25) is 5.02 Å². The predicted molar refractivity (Wildman–Crippen MR) is 124 cm³/mol. The first-order chi connectivity index (χ1) is 15.4. The number of aromatic hydroxyl groups is 1. The number of hydrogen-bond acceptors (Lipinski definition) is 7. The predicted octanol–water partition coefficient (Wildman–Crippen LogP) is 1.86. The van der Waals surface area contributed by atoms with Gasteiger partial charge in [0.1, 0.15) is 36.1 Å². The first-order valence-electron chi connectivity index (χ1n) is 9.95. The van der Waals surface area contributed by atoms with Crippen LogP contribution >= 0.6 is 19.4 Å². The Kier molecular flexibility index (Phi) is 6.35. The Morgan fingerprint density at radius 3 is 2.64 bits per heavy atom. The van der Waals surface area contributed by atoms with Crippen molar-refractivity contribution in [1.29, 1.82) is 0 Å². The van der Waals surface area contributed by atoms with E-state index in [9.17, 15) is 29.4 Å². The molecular formula is C21H20BClNO8P. The number of nitrogens with zero attached hydrogens (tertiary/aromatic N) is 1. The molecule has 4 N–H and O–H groups in total. The van der Waals surface area contributed by atoms with Crippen molar-refractivity contribution in [2.75, 3.05) is 20.1 Å². The van der Waals surface area contributed by atoms with Crippen molar-refractivity contribution < 1.29 is 33.5 Å². The number of piperidine rings is 1. The highest BCUT2D eigenvalue weighted by Crippen LogP contribution is 2.48. The van der Waals surface area contributed by atoms with Crippen LogP contribution in [0.25, 0.3) is 22.3 Å². The van der Waals surface area contributed by atoms with E-state index < -0.39 is 31.0 Å². The Balaban J connectivity index is 2.04. The number of β-amino-alcohol motifs (C(OH)–C–C–N with tert-alkyl or cyclic N) is 1. The van der Waals surface area contributed by atoms with Crippen LogP contribution in [-0.4, -0.2) is 59.0 Å². The van der Waals surface area contributed by atoms with Gasteiger partial charge in [0, 0.05) is 35.7 Å². The standard InChI is InChI=1S/C21H20BClNO8P/c1-24-5-4-12(16(27)9-24)19-18(32-33(28,29)30)8-15(26)20-14(25)7-17(31-21(19)20)11-3-2-10(22)6-13(11)23/h2-3,6-8,12,16,26-27H,4-5,9H2,1H3,(H2,28,29,30)/t12-,16+/m0/s1. The second-order valence-electron chi connectivity index (χ2n) is 8.03. The van der Waals surface area contributed by atoms with E-state index in [1.807, 2.05) is 11.9 Å². The minimum absolute atomic E-state index is 0.0499. The Bertz CT molecular complexity index is 1340. The summed E-state index contributed by atoms with van der Waals surface area (Å²) in [5.74, 6) is -1.60. The van der Waals surface area contributed by atoms with Gasteiger partial charge in [-0.3, -0.25) is 14.6 Å². The molecule has 1 aliphatic heterocycles. The molecule has 2 atom stereocenters. The van der Waals surface area contributed by atoms with Crippen molar-refractivity contribution in [3.63, 3.8) is 0 Å². The quantitative estimate of drug-likeness (QED) is 0.318. The fraction of sp³-hybridized carbons (Fsp3) is 0.286. The second kappa shape index (κ2) is 8.79. The fourth-order valence-electron chi connectivity index (χ4n) is 4.16. The second-order valence-corrected chi connectivity index (χ2v) is 9.60. The Hall–Kier alpha value is -2.33. The first-order valence-corrected chi connectivity index (χ1v) is 11.9. The molecule has 3 aromatic rings. The molecule has 1 aliphatic rings. The van der Waals surface area contributed by atoms with Crippen LogP contribution < -0.4 is 15.4 Å². The van der Waals surface area contributed by atoms with E-state index in [-0.39, 0.29) is 39.6 Å². The van der Waals surface area contributed by atoms with Crippen molar-refractivity contribution in [1.82, 2.24) is 4.90 Å². The van der Waals surface area contributed by atoms with Gasteiger partial charge in [-0.1, -0.05) is 29.2 Å². The lowest BCUT2D eigenvalue weighted by Gasteiger charge is -2.34. The van der Waals surface area contributed by atoms with Crippen LogP contribution in [0.1, 0.15) is 17.9 Å². The normalized spacial score (nSPS) is 19.7. The molecule has 2 aromatic carbocycles. The molecule has 33 heavy (non-hydrogen) atoms. The Morgan fingerprint density at radius 2 is 2.00 bits per heavy atom. The molecule has 0 saturated carbocycles. The van der Waals surface area contributed by atoms with Crippen molar-refractivity contribution >= 4 is 43.7 Å². The maximum Gasteiger partial charge on any atom is 0.524 e. The lowest BCUT2D eigenvalue weighted by molar-refractivity contribution is 0.0632. The van der Waals surface area contributed by atoms with E-state index >= 15 is 0 Å². The highest BCUT2D eigenvalue weighted by atomic mass is 35.5. The number of phenols is 1. The lowest BCUT2D eigenvalue weighted by Crippen LogP contribution is -2.40. The molecule has 0 unspecified atom stereocenters. The van der Waals surface area contributed by atoms with Gasteiger partial charge < -0.3 is 24.1 Å². The van der Waals surface area contributed by atoms with Crippen LogP contribution in [0.4, 0.5) is 0 Å². The maximum absolute atomic E-state index is 13.0. The molecule has 9 nitrogen and oxygen atoms in total. The molecule has 0 amide bonds. The zero-order chi connectivity index (χ0) is 24.1. The number of hydrogen-bond donors (Lipinski definition) is 4. The number of aliphatic hydroxyl groups excluding tert-OH is 1. The number of fused-ring (bicyclic) bond motifs is 1. The summed E-state index contributed by atoms with van der Waals surface area (Å²) >= 11 is 6.28. The van der Waals surface area contributed by atoms with E-state index in [2.05, 4.69) is 0 Å². The average molecular weight is 492 g/mol.